The zero-order chi connectivity index (χ0) is 17.9. The Morgan fingerprint density at radius 1 is 1.07 bits per heavy atom. The zero-order valence-corrected chi connectivity index (χ0v) is 16.0. The third kappa shape index (κ3) is 4.47. The van der Waals surface area contributed by atoms with Crippen molar-refractivity contribution >= 4 is 18.1 Å². The van der Waals surface area contributed by atoms with Gasteiger partial charge in [0.1, 0.15) is 0 Å². The first-order valence-corrected chi connectivity index (χ1v) is 8.79. The summed E-state index contributed by atoms with van der Waals surface area (Å²) in [7, 11) is 0. The van der Waals surface area contributed by atoms with E-state index in [9.17, 15) is 0 Å². The molecule has 4 rings (SSSR count). The molecule has 0 unspecified atom stereocenters. The number of morpholine rings is 1. The number of aryl methyl sites for hydroxylation is 1. The Labute approximate surface area is 164 Å². The van der Waals surface area contributed by atoms with Crippen LogP contribution in [0.25, 0.3) is 22.8 Å². The van der Waals surface area contributed by atoms with Crippen LogP contribution in [0, 0.1) is 6.92 Å². The van der Waals surface area contributed by atoms with Gasteiger partial charge in [-0.1, -0.05) is 35.5 Å². The van der Waals surface area contributed by atoms with E-state index >= 15 is 0 Å². The van der Waals surface area contributed by atoms with Crippen LogP contribution in [0.3, 0.4) is 0 Å². The molecular formula is C20H23ClN4O2. The van der Waals surface area contributed by atoms with E-state index in [1.807, 2.05) is 37.3 Å². The second-order valence-electron chi connectivity index (χ2n) is 6.58. The number of hydrogen-bond acceptors (Lipinski definition) is 6. The predicted molar refractivity (Wildman–Crippen MR) is 108 cm³/mol. The average molecular weight is 387 g/mol. The summed E-state index contributed by atoms with van der Waals surface area (Å²) >= 11 is 0. The largest absolute Gasteiger partial charge is 0.399 e. The maximum atomic E-state index is 5.87. The van der Waals surface area contributed by atoms with Crippen molar-refractivity contribution in [2.45, 2.75) is 13.5 Å². The highest BCUT2D eigenvalue weighted by Gasteiger charge is 2.14. The fourth-order valence-electron chi connectivity index (χ4n) is 3.10. The second kappa shape index (κ2) is 8.52. The number of nitrogens with two attached hydrogens (primary N) is 1. The summed E-state index contributed by atoms with van der Waals surface area (Å²) in [6.07, 6.45) is 0. The first-order chi connectivity index (χ1) is 12.7. The number of halogens is 1. The molecule has 2 aromatic carbocycles. The van der Waals surface area contributed by atoms with Crippen molar-refractivity contribution in [2.75, 3.05) is 32.0 Å². The molecular weight excluding hydrogens is 364 g/mol. The van der Waals surface area contributed by atoms with Crippen molar-refractivity contribution in [1.29, 1.82) is 0 Å². The lowest BCUT2D eigenvalue weighted by atomic mass is 10.1. The number of nitrogen functional groups attached to an aromatic ring is 1. The molecule has 0 bridgehead atoms. The molecule has 27 heavy (non-hydrogen) atoms. The summed E-state index contributed by atoms with van der Waals surface area (Å²) < 4.78 is 10.8. The van der Waals surface area contributed by atoms with Crippen molar-refractivity contribution in [2.24, 2.45) is 0 Å². The zero-order valence-electron chi connectivity index (χ0n) is 15.2. The average Bonchev–Trinajstić information content (AvgIpc) is 3.15. The van der Waals surface area contributed by atoms with Crippen LogP contribution in [0.2, 0.25) is 0 Å². The van der Waals surface area contributed by atoms with Crippen LogP contribution in [0.4, 0.5) is 5.69 Å². The maximum Gasteiger partial charge on any atom is 0.258 e. The molecule has 6 nitrogen and oxygen atoms in total. The summed E-state index contributed by atoms with van der Waals surface area (Å²) in [6, 6.07) is 14.0. The number of anilines is 1. The van der Waals surface area contributed by atoms with E-state index in [-0.39, 0.29) is 12.4 Å². The van der Waals surface area contributed by atoms with Gasteiger partial charge in [0.15, 0.2) is 0 Å². The van der Waals surface area contributed by atoms with Gasteiger partial charge >= 0.3 is 0 Å². The molecule has 0 amide bonds. The van der Waals surface area contributed by atoms with Crippen LogP contribution < -0.4 is 5.73 Å². The fraction of sp³-hybridized carbons (Fsp3) is 0.300. The summed E-state index contributed by atoms with van der Waals surface area (Å²) in [5, 5.41) is 4.13. The van der Waals surface area contributed by atoms with Gasteiger partial charge < -0.3 is 15.0 Å². The van der Waals surface area contributed by atoms with Gasteiger partial charge in [0.2, 0.25) is 5.82 Å². The quantitative estimate of drug-likeness (QED) is 0.691. The number of rotatable bonds is 4. The minimum Gasteiger partial charge on any atom is -0.399 e. The van der Waals surface area contributed by atoms with Crippen molar-refractivity contribution < 1.29 is 9.26 Å². The molecule has 2 heterocycles. The predicted octanol–water partition coefficient (Wildman–Crippen LogP) is 3.55. The molecule has 1 aromatic heterocycles. The van der Waals surface area contributed by atoms with Gasteiger partial charge in [0, 0.05) is 36.4 Å². The smallest absolute Gasteiger partial charge is 0.258 e. The van der Waals surface area contributed by atoms with Gasteiger partial charge in [-0.2, -0.15) is 4.98 Å². The summed E-state index contributed by atoms with van der Waals surface area (Å²) in [5.74, 6) is 1.07. The molecule has 1 saturated heterocycles. The van der Waals surface area contributed by atoms with E-state index in [4.69, 9.17) is 15.0 Å². The van der Waals surface area contributed by atoms with E-state index < -0.39 is 0 Å². The normalized spacial score (nSPS) is 14.7. The molecule has 3 aromatic rings. The van der Waals surface area contributed by atoms with E-state index in [0.717, 1.165) is 49.5 Å². The number of hydrogen-bond donors (Lipinski definition) is 1. The molecule has 142 valence electrons. The molecule has 0 spiro atoms. The van der Waals surface area contributed by atoms with Crippen LogP contribution in [0.5, 0.6) is 0 Å². The molecule has 1 aliphatic heterocycles. The lowest BCUT2D eigenvalue weighted by molar-refractivity contribution is 0.0342. The highest BCUT2D eigenvalue weighted by atomic mass is 35.5. The summed E-state index contributed by atoms with van der Waals surface area (Å²) in [5.41, 5.74) is 10.7. The van der Waals surface area contributed by atoms with Gasteiger partial charge in [0.25, 0.3) is 5.89 Å². The van der Waals surface area contributed by atoms with Crippen molar-refractivity contribution in [1.82, 2.24) is 15.0 Å². The minimum absolute atomic E-state index is 0. The minimum atomic E-state index is 0. The number of nitrogens with zero attached hydrogens (tertiary/aromatic N) is 3. The van der Waals surface area contributed by atoms with Gasteiger partial charge in [-0.15, -0.1) is 12.4 Å². The lowest BCUT2D eigenvalue weighted by Crippen LogP contribution is -2.35. The Morgan fingerprint density at radius 3 is 2.56 bits per heavy atom. The molecule has 0 aliphatic carbocycles. The standard InChI is InChI=1S/C20H22N4O2.ClH/c1-14-2-7-17(21)12-18(14)20-22-19(23-26-20)16-5-3-15(4-6-16)13-24-8-10-25-11-9-24;/h2-7,12H,8-11,13,21H2,1H3;1H. The molecule has 0 saturated carbocycles. The molecule has 0 radical (unpaired) electrons. The fourth-order valence-corrected chi connectivity index (χ4v) is 3.10. The SMILES string of the molecule is Cc1ccc(N)cc1-c1nc(-c2ccc(CN3CCOCC3)cc2)no1.Cl. The van der Waals surface area contributed by atoms with Crippen LogP contribution in [0.15, 0.2) is 47.0 Å². The molecule has 1 aliphatic rings. The summed E-state index contributed by atoms with van der Waals surface area (Å²) in [4.78, 5) is 6.93. The maximum absolute atomic E-state index is 5.87. The Bertz CT molecular complexity index is 889. The lowest BCUT2D eigenvalue weighted by Gasteiger charge is -2.26. The Morgan fingerprint density at radius 2 is 1.81 bits per heavy atom. The van der Waals surface area contributed by atoms with E-state index in [1.54, 1.807) is 0 Å². The number of ether oxygens (including phenoxy) is 1. The first-order valence-electron chi connectivity index (χ1n) is 8.79. The van der Waals surface area contributed by atoms with Gasteiger partial charge in [-0.05, 0) is 30.2 Å². The molecule has 2 N–H and O–H groups in total. The number of benzene rings is 2. The van der Waals surface area contributed by atoms with Crippen LogP contribution >= 0.6 is 12.4 Å². The van der Waals surface area contributed by atoms with Crippen molar-refractivity contribution in [3.63, 3.8) is 0 Å². The van der Waals surface area contributed by atoms with E-state index in [2.05, 4.69) is 27.2 Å². The third-order valence-electron chi connectivity index (χ3n) is 4.64. The topological polar surface area (TPSA) is 77.4 Å². The van der Waals surface area contributed by atoms with Crippen LogP contribution in [-0.2, 0) is 11.3 Å². The molecule has 7 heteroatoms. The van der Waals surface area contributed by atoms with Gasteiger partial charge in [0.05, 0.1) is 13.2 Å². The highest BCUT2D eigenvalue weighted by Crippen LogP contribution is 2.26. The second-order valence-corrected chi connectivity index (χ2v) is 6.58. The van der Waals surface area contributed by atoms with Gasteiger partial charge in [-0.3, -0.25) is 4.90 Å². The molecule has 0 atom stereocenters. The van der Waals surface area contributed by atoms with Crippen LogP contribution in [-0.4, -0.2) is 41.3 Å². The van der Waals surface area contributed by atoms with Crippen LogP contribution in [0.1, 0.15) is 11.1 Å². The highest BCUT2D eigenvalue weighted by molar-refractivity contribution is 5.85. The Hall–Kier alpha value is -2.41. The summed E-state index contributed by atoms with van der Waals surface area (Å²) in [6.45, 7) is 6.52. The Kier molecular flexibility index (Phi) is 6.11. The Balaban J connectivity index is 0.00000210. The van der Waals surface area contributed by atoms with E-state index in [0.29, 0.717) is 17.4 Å². The molecule has 1 fully saturated rings. The third-order valence-corrected chi connectivity index (χ3v) is 4.64. The van der Waals surface area contributed by atoms with Crippen molar-refractivity contribution in [3.05, 3.63) is 53.6 Å². The van der Waals surface area contributed by atoms with Gasteiger partial charge in [-0.25, -0.2) is 0 Å². The monoisotopic (exact) mass is 386 g/mol. The number of aromatic nitrogens is 2. The van der Waals surface area contributed by atoms with Crippen molar-refractivity contribution in [3.8, 4) is 22.8 Å². The first kappa shape index (κ1) is 19.4. The van der Waals surface area contributed by atoms with E-state index in [1.165, 1.54) is 5.56 Å².